The van der Waals surface area contributed by atoms with Crippen LogP contribution < -0.4 is 10.6 Å². The van der Waals surface area contributed by atoms with E-state index in [4.69, 9.17) is 0 Å². The zero-order valence-electron chi connectivity index (χ0n) is 22.5. The van der Waals surface area contributed by atoms with E-state index in [1.807, 2.05) is 6.07 Å². The van der Waals surface area contributed by atoms with Crippen molar-refractivity contribution in [2.45, 2.75) is 25.6 Å². The third-order valence-corrected chi connectivity index (χ3v) is 6.89. The first-order valence-electron chi connectivity index (χ1n) is 13.0. The van der Waals surface area contributed by atoms with Crippen LogP contribution in [-0.2, 0) is 10.4 Å². The number of halogens is 2. The lowest BCUT2D eigenvalue weighted by Gasteiger charge is -2.18. The van der Waals surface area contributed by atoms with Crippen LogP contribution in [0.25, 0.3) is 16.9 Å². The van der Waals surface area contributed by atoms with Crippen molar-refractivity contribution in [1.82, 2.24) is 19.9 Å². The maximum Gasteiger partial charge on any atom is 0.269 e. The van der Waals surface area contributed by atoms with Gasteiger partial charge in [-0.2, -0.15) is 5.10 Å². The molecule has 0 spiro atoms. The molecular weight excluding hydrogens is 542 g/mol. The summed E-state index contributed by atoms with van der Waals surface area (Å²) in [5, 5.41) is 19.9. The summed E-state index contributed by atoms with van der Waals surface area (Å²) in [4.78, 5) is 36.0. The molecule has 3 N–H and O–H groups in total. The Morgan fingerprint density at radius 3 is 2.52 bits per heavy atom. The number of benzodiazepines with no additional fused rings is 1. The van der Waals surface area contributed by atoms with Crippen LogP contribution in [0.4, 0.5) is 14.5 Å². The van der Waals surface area contributed by atoms with Gasteiger partial charge in [-0.15, -0.1) is 0 Å². The van der Waals surface area contributed by atoms with Crippen LogP contribution in [-0.4, -0.2) is 43.4 Å². The van der Waals surface area contributed by atoms with Crippen LogP contribution in [0.15, 0.2) is 90.2 Å². The molecule has 6 rings (SSSR count). The number of amides is 2. The highest BCUT2D eigenvalue weighted by Crippen LogP contribution is 2.31. The van der Waals surface area contributed by atoms with Gasteiger partial charge >= 0.3 is 0 Å². The lowest BCUT2D eigenvalue weighted by atomic mass is 9.95. The van der Waals surface area contributed by atoms with Crippen molar-refractivity contribution in [3.8, 4) is 11.3 Å². The zero-order chi connectivity index (χ0) is 29.6. The Bertz CT molecular complexity index is 1900. The molecule has 0 bridgehead atoms. The van der Waals surface area contributed by atoms with Crippen LogP contribution in [0.2, 0.25) is 0 Å². The van der Waals surface area contributed by atoms with E-state index >= 15 is 4.39 Å². The number of aliphatic imine (C=N–C) groups is 1. The highest BCUT2D eigenvalue weighted by molar-refractivity contribution is 6.20. The fourth-order valence-corrected chi connectivity index (χ4v) is 4.79. The number of hydrogen-bond acceptors (Lipinski definition) is 6. The standard InChI is InChI=1S/C31H24F2N6O3/c1-31(2,42)18-12-13-19(22(33)16-18)26-23(28-34-14-7-15-39(28)38-26)29(40)37-27-30(41)36-25-20(10-6-11-21(25)32)24(35-27)17-8-4-3-5-9-17/h3-16,27,42H,1-2H3,(H,36,41)(H,37,40)/t27-/m1/s1. The molecule has 1 aliphatic rings. The Kier molecular flexibility index (Phi) is 6.58. The molecule has 0 saturated heterocycles. The summed E-state index contributed by atoms with van der Waals surface area (Å²) >= 11 is 0. The van der Waals surface area contributed by atoms with Gasteiger partial charge < -0.3 is 15.7 Å². The Hall–Kier alpha value is -5.29. The van der Waals surface area contributed by atoms with Crippen LogP contribution in [0.3, 0.4) is 0 Å². The van der Waals surface area contributed by atoms with E-state index in [1.54, 1.807) is 48.7 Å². The molecule has 2 aromatic heterocycles. The van der Waals surface area contributed by atoms with Crippen LogP contribution in [0.5, 0.6) is 0 Å². The molecule has 0 fully saturated rings. The molecule has 42 heavy (non-hydrogen) atoms. The van der Waals surface area contributed by atoms with Gasteiger partial charge in [-0.25, -0.2) is 23.3 Å². The third kappa shape index (κ3) is 4.79. The smallest absolute Gasteiger partial charge is 0.269 e. The molecule has 0 radical (unpaired) electrons. The molecule has 5 aromatic rings. The molecule has 0 unspecified atom stereocenters. The van der Waals surface area contributed by atoms with Gasteiger partial charge in [0.15, 0.2) is 5.65 Å². The second-order valence-corrected chi connectivity index (χ2v) is 10.2. The maximum atomic E-state index is 15.4. The lowest BCUT2D eigenvalue weighted by Crippen LogP contribution is -2.42. The predicted octanol–water partition coefficient (Wildman–Crippen LogP) is 4.45. The topological polar surface area (TPSA) is 121 Å². The highest BCUT2D eigenvalue weighted by Gasteiger charge is 2.32. The number of nitrogens with zero attached hydrogens (tertiary/aromatic N) is 4. The van der Waals surface area contributed by atoms with Crippen LogP contribution in [0.1, 0.15) is 40.9 Å². The number of anilines is 1. The Morgan fingerprint density at radius 2 is 1.79 bits per heavy atom. The van der Waals surface area contributed by atoms with Crippen molar-refractivity contribution >= 4 is 28.9 Å². The minimum Gasteiger partial charge on any atom is -0.386 e. The number of aromatic nitrogens is 3. The average molecular weight is 567 g/mol. The van der Waals surface area contributed by atoms with E-state index in [2.05, 4.69) is 25.7 Å². The van der Waals surface area contributed by atoms with E-state index in [0.29, 0.717) is 22.4 Å². The van der Waals surface area contributed by atoms with Gasteiger partial charge in [0, 0.05) is 29.1 Å². The zero-order valence-corrected chi connectivity index (χ0v) is 22.5. The summed E-state index contributed by atoms with van der Waals surface area (Å²) in [5.41, 5.74) is 0.211. The highest BCUT2D eigenvalue weighted by atomic mass is 19.1. The fourth-order valence-electron chi connectivity index (χ4n) is 4.79. The Balaban J connectivity index is 1.45. The summed E-state index contributed by atoms with van der Waals surface area (Å²) in [5.74, 6) is -2.94. The fraction of sp³-hybridized carbons (Fsp3) is 0.129. The number of nitrogens with one attached hydrogen (secondary N) is 2. The van der Waals surface area contributed by atoms with Crippen molar-refractivity contribution in [3.05, 3.63) is 119 Å². The van der Waals surface area contributed by atoms with Gasteiger partial charge in [0.05, 0.1) is 17.0 Å². The summed E-state index contributed by atoms with van der Waals surface area (Å²) in [6, 6.07) is 19.0. The molecule has 2 amide bonds. The molecule has 11 heteroatoms. The van der Waals surface area contributed by atoms with Gasteiger partial charge in [0.25, 0.3) is 11.8 Å². The van der Waals surface area contributed by atoms with Crippen molar-refractivity contribution in [3.63, 3.8) is 0 Å². The van der Waals surface area contributed by atoms with Crippen molar-refractivity contribution in [2.75, 3.05) is 5.32 Å². The largest absolute Gasteiger partial charge is 0.386 e. The van der Waals surface area contributed by atoms with E-state index < -0.39 is 35.2 Å². The minimum atomic E-state index is -1.48. The predicted molar refractivity (Wildman–Crippen MR) is 152 cm³/mol. The molecule has 0 saturated carbocycles. The first kappa shape index (κ1) is 26.9. The Morgan fingerprint density at radius 1 is 1.00 bits per heavy atom. The van der Waals surface area contributed by atoms with E-state index in [1.165, 1.54) is 48.8 Å². The van der Waals surface area contributed by atoms with E-state index in [9.17, 15) is 19.1 Å². The van der Waals surface area contributed by atoms with Crippen LogP contribution in [0, 0.1) is 11.6 Å². The summed E-state index contributed by atoms with van der Waals surface area (Å²) in [7, 11) is 0. The normalized spacial score (nSPS) is 15.0. The number of aliphatic hydroxyl groups is 1. The van der Waals surface area contributed by atoms with Gasteiger partial charge in [-0.1, -0.05) is 48.5 Å². The molecule has 210 valence electrons. The maximum absolute atomic E-state index is 15.4. The van der Waals surface area contributed by atoms with Gasteiger partial charge in [-0.3, -0.25) is 9.59 Å². The number of fused-ring (bicyclic) bond motifs is 2. The first-order chi connectivity index (χ1) is 20.1. The Labute approximate surface area is 238 Å². The average Bonchev–Trinajstić information content (AvgIpc) is 3.29. The van der Waals surface area contributed by atoms with Gasteiger partial charge in [0.2, 0.25) is 6.17 Å². The van der Waals surface area contributed by atoms with Crippen molar-refractivity contribution < 1.29 is 23.5 Å². The number of benzene rings is 3. The number of rotatable bonds is 5. The third-order valence-electron chi connectivity index (χ3n) is 6.89. The molecule has 1 aliphatic heterocycles. The quantitative estimate of drug-likeness (QED) is 0.290. The molecule has 0 aliphatic carbocycles. The summed E-state index contributed by atoms with van der Waals surface area (Å²) in [6.45, 7) is 3.06. The molecule has 3 heterocycles. The van der Waals surface area contributed by atoms with Gasteiger partial charge in [0.1, 0.15) is 22.9 Å². The number of para-hydroxylation sites is 1. The number of carbonyl (C=O) groups excluding carboxylic acids is 2. The SMILES string of the molecule is CC(C)(O)c1ccc(-c2nn3cccnc3c2C(=O)N[C@H]2N=C(c3ccccc3)c3cccc(F)c3NC2=O)c(F)c1. The summed E-state index contributed by atoms with van der Waals surface area (Å²) < 4.78 is 31.6. The number of carbonyl (C=O) groups is 2. The first-order valence-corrected chi connectivity index (χ1v) is 13.0. The molecule has 9 nitrogen and oxygen atoms in total. The van der Waals surface area contributed by atoms with E-state index in [-0.39, 0.29) is 28.2 Å². The molecule has 1 atom stereocenters. The minimum absolute atomic E-state index is 0.00748. The lowest BCUT2D eigenvalue weighted by molar-refractivity contribution is -0.117. The van der Waals surface area contributed by atoms with Crippen molar-refractivity contribution in [2.24, 2.45) is 4.99 Å². The second-order valence-electron chi connectivity index (χ2n) is 10.2. The van der Waals surface area contributed by atoms with Crippen LogP contribution >= 0.6 is 0 Å². The van der Waals surface area contributed by atoms with Crippen molar-refractivity contribution in [1.29, 1.82) is 0 Å². The van der Waals surface area contributed by atoms with Gasteiger partial charge in [-0.05, 0) is 43.7 Å². The summed E-state index contributed by atoms with van der Waals surface area (Å²) in [6.07, 6.45) is 1.53. The molecule has 3 aromatic carbocycles. The van der Waals surface area contributed by atoms with E-state index in [0.717, 1.165) is 0 Å². The monoisotopic (exact) mass is 566 g/mol. The second kappa shape index (κ2) is 10.3. The number of hydrogen-bond donors (Lipinski definition) is 3. The molecular formula is C31H24F2N6O3.